The van der Waals surface area contributed by atoms with Crippen LogP contribution in [-0.2, 0) is 13.0 Å². The predicted molar refractivity (Wildman–Crippen MR) is 61.9 cm³/mol. The molecule has 0 aromatic carbocycles. The maximum Gasteiger partial charge on any atom is 0.0596 e. The lowest BCUT2D eigenvalue weighted by Crippen LogP contribution is -2.54. The van der Waals surface area contributed by atoms with Gasteiger partial charge in [-0.15, -0.1) is 0 Å². The summed E-state index contributed by atoms with van der Waals surface area (Å²) in [7, 11) is 0. The normalized spacial score (nSPS) is 18.9. The average Bonchev–Trinajstić information content (AvgIpc) is 2.52. The zero-order valence-electron chi connectivity index (χ0n) is 10.0. The molecule has 3 nitrogen and oxygen atoms in total. The molecule has 84 valence electrons. The number of aryl methyl sites for hydroxylation is 2. The largest absolute Gasteiger partial charge is 0.316 e. The second-order valence-electron chi connectivity index (χ2n) is 4.73. The van der Waals surface area contributed by atoms with E-state index in [0.29, 0.717) is 5.41 Å². The van der Waals surface area contributed by atoms with Gasteiger partial charge in [0.25, 0.3) is 0 Å². The van der Waals surface area contributed by atoms with Gasteiger partial charge in [0.2, 0.25) is 0 Å². The quantitative estimate of drug-likeness (QED) is 0.815. The van der Waals surface area contributed by atoms with E-state index in [0.717, 1.165) is 25.3 Å². The standard InChI is InChI=1S/C12H21N3/c1-4-12(8-13-9-12)7-11-6-10(3)14-15(11)5-2/h6,13H,4-5,7-9H2,1-3H3. The van der Waals surface area contributed by atoms with Gasteiger partial charge in [0.05, 0.1) is 5.69 Å². The molecule has 0 radical (unpaired) electrons. The molecule has 1 aliphatic heterocycles. The van der Waals surface area contributed by atoms with Crippen molar-refractivity contribution >= 4 is 0 Å². The van der Waals surface area contributed by atoms with Crippen molar-refractivity contribution in [3.8, 4) is 0 Å². The van der Waals surface area contributed by atoms with Crippen LogP contribution < -0.4 is 5.32 Å². The fraction of sp³-hybridized carbons (Fsp3) is 0.750. The van der Waals surface area contributed by atoms with Crippen LogP contribution in [0.15, 0.2) is 6.07 Å². The van der Waals surface area contributed by atoms with Crippen LogP contribution in [0.1, 0.15) is 31.7 Å². The Balaban J connectivity index is 2.15. The first-order valence-corrected chi connectivity index (χ1v) is 5.93. The van der Waals surface area contributed by atoms with Gasteiger partial charge in [0.15, 0.2) is 0 Å². The van der Waals surface area contributed by atoms with Crippen molar-refractivity contribution in [3.63, 3.8) is 0 Å². The highest BCUT2D eigenvalue weighted by atomic mass is 15.3. The summed E-state index contributed by atoms with van der Waals surface area (Å²) in [6.07, 6.45) is 2.43. The highest BCUT2D eigenvalue weighted by molar-refractivity contribution is 5.13. The third kappa shape index (κ3) is 1.93. The van der Waals surface area contributed by atoms with Crippen LogP contribution in [0.2, 0.25) is 0 Å². The first-order valence-electron chi connectivity index (χ1n) is 5.93. The summed E-state index contributed by atoms with van der Waals surface area (Å²) in [5, 5.41) is 7.89. The summed E-state index contributed by atoms with van der Waals surface area (Å²) in [4.78, 5) is 0. The maximum atomic E-state index is 4.50. The molecule has 0 saturated carbocycles. The molecular weight excluding hydrogens is 186 g/mol. The van der Waals surface area contributed by atoms with E-state index in [1.807, 2.05) is 0 Å². The number of nitrogens with one attached hydrogen (secondary N) is 1. The molecule has 0 bridgehead atoms. The van der Waals surface area contributed by atoms with Crippen molar-refractivity contribution in [1.82, 2.24) is 15.1 Å². The molecule has 1 N–H and O–H groups in total. The summed E-state index contributed by atoms with van der Waals surface area (Å²) in [5.74, 6) is 0. The molecule has 1 aromatic heterocycles. The Kier molecular flexibility index (Phi) is 2.83. The molecule has 0 aliphatic carbocycles. The van der Waals surface area contributed by atoms with Crippen molar-refractivity contribution in [1.29, 1.82) is 0 Å². The number of hydrogen-bond donors (Lipinski definition) is 1. The van der Waals surface area contributed by atoms with Crippen LogP contribution in [0.3, 0.4) is 0 Å². The van der Waals surface area contributed by atoms with E-state index in [9.17, 15) is 0 Å². The molecule has 2 rings (SSSR count). The van der Waals surface area contributed by atoms with Crippen molar-refractivity contribution in [2.45, 2.75) is 40.2 Å². The van der Waals surface area contributed by atoms with Gasteiger partial charge in [0, 0.05) is 30.7 Å². The molecule has 1 saturated heterocycles. The highest BCUT2D eigenvalue weighted by Gasteiger charge is 2.35. The molecule has 0 atom stereocenters. The number of rotatable bonds is 4. The summed E-state index contributed by atoms with van der Waals surface area (Å²) in [6.45, 7) is 9.84. The van der Waals surface area contributed by atoms with Crippen LogP contribution in [0.4, 0.5) is 0 Å². The van der Waals surface area contributed by atoms with E-state index in [-0.39, 0.29) is 0 Å². The summed E-state index contributed by atoms with van der Waals surface area (Å²) in [6, 6.07) is 2.24. The SMILES string of the molecule is CCn1nc(C)cc1CC1(CC)CNC1. The maximum absolute atomic E-state index is 4.50. The minimum atomic E-state index is 0.499. The first-order chi connectivity index (χ1) is 7.19. The van der Waals surface area contributed by atoms with Crippen LogP contribution in [0.25, 0.3) is 0 Å². The van der Waals surface area contributed by atoms with Gasteiger partial charge in [-0.25, -0.2) is 0 Å². The molecule has 3 heteroatoms. The summed E-state index contributed by atoms with van der Waals surface area (Å²) >= 11 is 0. The summed E-state index contributed by atoms with van der Waals surface area (Å²) < 4.78 is 2.14. The van der Waals surface area contributed by atoms with Crippen LogP contribution >= 0.6 is 0 Å². The van der Waals surface area contributed by atoms with Crippen molar-refractivity contribution in [3.05, 3.63) is 17.5 Å². The average molecular weight is 207 g/mol. The lowest BCUT2D eigenvalue weighted by atomic mass is 9.75. The van der Waals surface area contributed by atoms with E-state index >= 15 is 0 Å². The number of hydrogen-bond acceptors (Lipinski definition) is 2. The Bertz CT molecular complexity index is 331. The van der Waals surface area contributed by atoms with E-state index in [1.165, 1.54) is 18.5 Å². The monoisotopic (exact) mass is 207 g/mol. The fourth-order valence-corrected chi connectivity index (χ4v) is 2.38. The lowest BCUT2D eigenvalue weighted by molar-refractivity contribution is 0.156. The molecule has 1 aromatic rings. The van der Waals surface area contributed by atoms with Gasteiger partial charge in [-0.2, -0.15) is 5.10 Å². The Morgan fingerprint density at radius 2 is 2.20 bits per heavy atom. The molecule has 0 unspecified atom stereocenters. The van der Waals surface area contributed by atoms with Gasteiger partial charge >= 0.3 is 0 Å². The smallest absolute Gasteiger partial charge is 0.0596 e. The van der Waals surface area contributed by atoms with E-state index < -0.39 is 0 Å². The zero-order valence-corrected chi connectivity index (χ0v) is 10.0. The van der Waals surface area contributed by atoms with Gasteiger partial charge in [-0.1, -0.05) is 6.92 Å². The topological polar surface area (TPSA) is 29.9 Å². The minimum absolute atomic E-state index is 0.499. The highest BCUT2D eigenvalue weighted by Crippen LogP contribution is 2.31. The first kappa shape index (κ1) is 10.7. The zero-order chi connectivity index (χ0) is 10.9. The van der Waals surface area contributed by atoms with Crippen molar-refractivity contribution < 1.29 is 0 Å². The van der Waals surface area contributed by atoms with Crippen LogP contribution in [-0.4, -0.2) is 22.9 Å². The molecular formula is C12H21N3. The number of nitrogens with zero attached hydrogens (tertiary/aromatic N) is 2. The van der Waals surface area contributed by atoms with E-state index in [1.54, 1.807) is 0 Å². The van der Waals surface area contributed by atoms with E-state index in [2.05, 4.69) is 41.9 Å². The summed E-state index contributed by atoms with van der Waals surface area (Å²) in [5.41, 5.74) is 3.04. The lowest BCUT2D eigenvalue weighted by Gasteiger charge is -2.42. The van der Waals surface area contributed by atoms with Gasteiger partial charge in [-0.3, -0.25) is 4.68 Å². The van der Waals surface area contributed by atoms with Crippen LogP contribution in [0.5, 0.6) is 0 Å². The second-order valence-corrected chi connectivity index (χ2v) is 4.73. The Labute approximate surface area is 91.9 Å². The molecule has 0 spiro atoms. The molecule has 2 heterocycles. The van der Waals surface area contributed by atoms with Crippen LogP contribution in [0, 0.1) is 12.3 Å². The molecule has 1 aliphatic rings. The number of aromatic nitrogens is 2. The van der Waals surface area contributed by atoms with E-state index in [4.69, 9.17) is 0 Å². The third-order valence-electron chi connectivity index (χ3n) is 3.59. The molecule has 1 fully saturated rings. The minimum Gasteiger partial charge on any atom is -0.316 e. The Morgan fingerprint density at radius 1 is 1.47 bits per heavy atom. The van der Waals surface area contributed by atoms with Crippen molar-refractivity contribution in [2.75, 3.05) is 13.1 Å². The van der Waals surface area contributed by atoms with Gasteiger partial charge in [0.1, 0.15) is 0 Å². The van der Waals surface area contributed by atoms with Crippen molar-refractivity contribution in [2.24, 2.45) is 5.41 Å². The predicted octanol–water partition coefficient (Wildman–Crippen LogP) is 1.75. The van der Waals surface area contributed by atoms with Gasteiger partial charge < -0.3 is 5.32 Å². The molecule has 0 amide bonds. The Hall–Kier alpha value is -0.830. The Morgan fingerprint density at radius 3 is 2.67 bits per heavy atom. The fourth-order valence-electron chi connectivity index (χ4n) is 2.38. The third-order valence-corrected chi connectivity index (χ3v) is 3.59. The second kappa shape index (κ2) is 3.97. The molecule has 15 heavy (non-hydrogen) atoms. The van der Waals surface area contributed by atoms with Gasteiger partial charge in [-0.05, 0) is 32.8 Å².